The Balaban J connectivity index is 3.00. The molecule has 1 atom stereocenters. The molecule has 0 aliphatic heterocycles. The fourth-order valence-corrected chi connectivity index (χ4v) is 3.02. The van der Waals surface area contributed by atoms with E-state index in [-0.39, 0.29) is 11.7 Å². The topological polar surface area (TPSA) is 34.9 Å². The molecule has 1 aromatic heterocycles. The predicted octanol–water partition coefficient (Wildman–Crippen LogP) is 3.60. The summed E-state index contributed by atoms with van der Waals surface area (Å²) in [5, 5.41) is 4.54. The molecule has 1 aromatic rings. The Kier molecular flexibility index (Phi) is 6.36. The first-order valence-electron chi connectivity index (χ1n) is 6.35. The third-order valence-corrected chi connectivity index (χ3v) is 4.30. The highest BCUT2D eigenvalue weighted by Gasteiger charge is 2.21. The van der Waals surface area contributed by atoms with Gasteiger partial charge in [-0.25, -0.2) is 0 Å². The minimum Gasteiger partial charge on any atom is -0.300 e. The molecule has 0 aliphatic rings. The van der Waals surface area contributed by atoms with Crippen LogP contribution in [-0.4, -0.2) is 21.4 Å². The number of rotatable bonds is 7. The Morgan fingerprint density at radius 2 is 2.17 bits per heavy atom. The van der Waals surface area contributed by atoms with Gasteiger partial charge in [0.15, 0.2) is 0 Å². The molecule has 3 nitrogen and oxygen atoms in total. The van der Waals surface area contributed by atoms with Crippen molar-refractivity contribution in [3.8, 4) is 0 Å². The third kappa shape index (κ3) is 3.58. The molecule has 0 fully saturated rings. The molecule has 1 unspecified atom stereocenters. The molecule has 0 radical (unpaired) electrons. The van der Waals surface area contributed by atoms with Crippen LogP contribution >= 0.6 is 27.5 Å². The number of nitrogens with zero attached hydrogens (tertiary/aromatic N) is 2. The quantitative estimate of drug-likeness (QED) is 0.714. The van der Waals surface area contributed by atoms with Gasteiger partial charge in [0, 0.05) is 24.8 Å². The van der Waals surface area contributed by atoms with Gasteiger partial charge in [0.1, 0.15) is 5.78 Å². The summed E-state index contributed by atoms with van der Waals surface area (Å²) in [5.74, 6) is 0.706. The lowest BCUT2D eigenvalue weighted by Crippen LogP contribution is -2.17. The van der Waals surface area contributed by atoms with Crippen molar-refractivity contribution >= 4 is 33.3 Å². The molecule has 0 saturated carbocycles. The zero-order chi connectivity index (χ0) is 13.7. The molecule has 0 N–H and O–H groups in total. The van der Waals surface area contributed by atoms with Gasteiger partial charge in [0.2, 0.25) is 0 Å². The van der Waals surface area contributed by atoms with Crippen molar-refractivity contribution in [2.45, 2.75) is 46.6 Å². The number of alkyl halides is 1. The molecule has 0 spiro atoms. The first-order valence-corrected chi connectivity index (χ1v) is 7.68. The van der Waals surface area contributed by atoms with E-state index in [0.717, 1.165) is 35.2 Å². The van der Waals surface area contributed by atoms with Gasteiger partial charge in [-0.1, -0.05) is 6.92 Å². The van der Waals surface area contributed by atoms with E-state index in [1.54, 1.807) is 6.92 Å². The Morgan fingerprint density at radius 3 is 2.61 bits per heavy atom. The molecule has 5 heteroatoms. The van der Waals surface area contributed by atoms with Gasteiger partial charge in [-0.3, -0.25) is 9.48 Å². The summed E-state index contributed by atoms with van der Waals surface area (Å²) in [5.41, 5.74) is 2.17. The van der Waals surface area contributed by atoms with Crippen LogP contribution in [0, 0.1) is 5.92 Å². The molecule has 1 rings (SSSR count). The number of Topliss-reactive ketones (excluding diaryl/α,β-unsaturated/α-hetero) is 1. The Labute approximate surface area is 122 Å². The fourth-order valence-electron chi connectivity index (χ4n) is 2.03. The second kappa shape index (κ2) is 7.29. The number of carbonyl (C=O) groups is 1. The van der Waals surface area contributed by atoms with Crippen molar-refractivity contribution in [2.24, 2.45) is 5.92 Å². The van der Waals surface area contributed by atoms with E-state index in [9.17, 15) is 4.79 Å². The van der Waals surface area contributed by atoms with E-state index in [0.29, 0.717) is 12.3 Å². The van der Waals surface area contributed by atoms with Crippen molar-refractivity contribution in [3.63, 3.8) is 0 Å². The maximum Gasteiger partial charge on any atom is 0.133 e. The number of aromatic nitrogens is 2. The molecule has 0 bridgehead atoms. The summed E-state index contributed by atoms with van der Waals surface area (Å²) < 4.78 is 3.03. The highest BCUT2D eigenvalue weighted by atomic mass is 79.9. The van der Waals surface area contributed by atoms with E-state index < -0.39 is 0 Å². The average molecular weight is 336 g/mol. The van der Waals surface area contributed by atoms with Crippen LogP contribution in [0.15, 0.2) is 4.47 Å². The second-order valence-electron chi connectivity index (χ2n) is 4.37. The third-order valence-electron chi connectivity index (χ3n) is 3.17. The maximum atomic E-state index is 11.6. The molecule has 0 amide bonds. The normalized spacial score (nSPS) is 12.7. The molecule has 1 heterocycles. The Hall–Kier alpha value is -0.350. The van der Waals surface area contributed by atoms with Crippen molar-refractivity contribution in [3.05, 3.63) is 15.9 Å². The minimum atomic E-state index is -0.00879. The number of halogens is 2. The molecule has 18 heavy (non-hydrogen) atoms. The first-order chi connectivity index (χ1) is 8.54. The van der Waals surface area contributed by atoms with Gasteiger partial charge < -0.3 is 0 Å². The van der Waals surface area contributed by atoms with Crippen LogP contribution in [-0.2, 0) is 24.2 Å². The maximum absolute atomic E-state index is 11.6. The first kappa shape index (κ1) is 15.7. The molecular formula is C13H20BrClN2O. The van der Waals surface area contributed by atoms with Gasteiger partial charge in [0.05, 0.1) is 15.9 Å². The average Bonchev–Trinajstić information content (AvgIpc) is 2.65. The van der Waals surface area contributed by atoms with Gasteiger partial charge in [-0.05, 0) is 42.6 Å². The van der Waals surface area contributed by atoms with Crippen molar-refractivity contribution < 1.29 is 4.79 Å². The Bertz CT molecular complexity index is 417. The molecular weight excluding hydrogens is 316 g/mol. The summed E-state index contributed by atoms with van der Waals surface area (Å²) in [6.45, 7) is 6.60. The van der Waals surface area contributed by atoms with Gasteiger partial charge in [-0.2, -0.15) is 5.10 Å². The zero-order valence-electron chi connectivity index (χ0n) is 11.2. The van der Waals surface area contributed by atoms with E-state index in [1.165, 1.54) is 0 Å². The monoisotopic (exact) mass is 334 g/mol. The molecule has 102 valence electrons. The number of hydrogen-bond acceptors (Lipinski definition) is 2. The standard InChI is InChI=1S/C13H20BrClN2O/c1-4-11-13(14)12(17(5-2)16-11)8-10(6-7-15)9(3)18/h10H,4-8H2,1-3H3. The van der Waals surface area contributed by atoms with Crippen LogP contribution in [0.5, 0.6) is 0 Å². The van der Waals surface area contributed by atoms with E-state index >= 15 is 0 Å². The van der Waals surface area contributed by atoms with Crippen LogP contribution in [0.3, 0.4) is 0 Å². The highest BCUT2D eigenvalue weighted by Crippen LogP contribution is 2.26. The van der Waals surface area contributed by atoms with Crippen LogP contribution in [0.4, 0.5) is 0 Å². The Morgan fingerprint density at radius 1 is 1.50 bits per heavy atom. The summed E-state index contributed by atoms with van der Waals surface area (Å²) in [4.78, 5) is 11.6. The SMILES string of the molecule is CCc1nn(CC)c(CC(CCCl)C(C)=O)c1Br. The van der Waals surface area contributed by atoms with Crippen molar-refractivity contribution in [1.82, 2.24) is 9.78 Å². The van der Waals surface area contributed by atoms with Gasteiger partial charge in [-0.15, -0.1) is 11.6 Å². The van der Waals surface area contributed by atoms with Gasteiger partial charge in [0.25, 0.3) is 0 Å². The lowest BCUT2D eigenvalue weighted by molar-refractivity contribution is -0.120. The predicted molar refractivity (Wildman–Crippen MR) is 78.2 cm³/mol. The van der Waals surface area contributed by atoms with E-state index in [1.807, 2.05) is 4.68 Å². The number of aryl methyl sites for hydroxylation is 2. The van der Waals surface area contributed by atoms with Crippen LogP contribution in [0.2, 0.25) is 0 Å². The van der Waals surface area contributed by atoms with Crippen molar-refractivity contribution in [1.29, 1.82) is 0 Å². The van der Waals surface area contributed by atoms with Crippen LogP contribution in [0.25, 0.3) is 0 Å². The molecule has 0 aliphatic carbocycles. The molecule has 0 aromatic carbocycles. The fraction of sp³-hybridized carbons (Fsp3) is 0.692. The van der Waals surface area contributed by atoms with Crippen LogP contribution in [0.1, 0.15) is 38.6 Å². The molecule has 0 saturated heterocycles. The smallest absolute Gasteiger partial charge is 0.133 e. The van der Waals surface area contributed by atoms with E-state index in [4.69, 9.17) is 11.6 Å². The second-order valence-corrected chi connectivity index (χ2v) is 5.54. The number of hydrogen-bond donors (Lipinski definition) is 0. The summed E-state index contributed by atoms with van der Waals surface area (Å²) >= 11 is 9.37. The van der Waals surface area contributed by atoms with E-state index in [2.05, 4.69) is 34.9 Å². The highest BCUT2D eigenvalue weighted by molar-refractivity contribution is 9.10. The van der Waals surface area contributed by atoms with Crippen LogP contribution < -0.4 is 0 Å². The lowest BCUT2D eigenvalue weighted by atomic mass is 9.96. The van der Waals surface area contributed by atoms with Crippen molar-refractivity contribution in [2.75, 3.05) is 5.88 Å². The number of ketones is 1. The number of carbonyl (C=O) groups excluding carboxylic acids is 1. The summed E-state index contributed by atoms with van der Waals surface area (Å²) in [6, 6.07) is 0. The zero-order valence-corrected chi connectivity index (χ0v) is 13.5. The largest absolute Gasteiger partial charge is 0.300 e. The summed E-state index contributed by atoms with van der Waals surface area (Å²) in [6.07, 6.45) is 2.32. The summed E-state index contributed by atoms with van der Waals surface area (Å²) in [7, 11) is 0. The lowest BCUT2D eigenvalue weighted by Gasteiger charge is -2.13. The minimum absolute atomic E-state index is 0.00879. The van der Waals surface area contributed by atoms with Gasteiger partial charge >= 0.3 is 0 Å².